The van der Waals surface area contributed by atoms with E-state index in [4.69, 9.17) is 4.74 Å². The van der Waals surface area contributed by atoms with Gasteiger partial charge >= 0.3 is 12.1 Å². The fraction of sp³-hybridized carbons (Fsp3) is 0.529. The van der Waals surface area contributed by atoms with Crippen molar-refractivity contribution in [2.24, 2.45) is 5.92 Å². The Morgan fingerprint density at radius 3 is 2.62 bits per heavy atom. The van der Waals surface area contributed by atoms with Crippen molar-refractivity contribution in [1.82, 2.24) is 10.3 Å². The molecule has 0 spiro atoms. The van der Waals surface area contributed by atoms with Crippen LogP contribution in [0.4, 0.5) is 13.2 Å². The molecule has 9 heteroatoms. The third-order valence-corrected chi connectivity index (χ3v) is 4.14. The average Bonchev–Trinajstić information content (AvgIpc) is 2.94. The first-order chi connectivity index (χ1) is 12.1. The number of hydrogen-bond donors (Lipinski definition) is 1. The van der Waals surface area contributed by atoms with Gasteiger partial charge in [-0.25, -0.2) is 4.79 Å². The summed E-state index contributed by atoms with van der Waals surface area (Å²) in [7, 11) is 0. The number of rotatable bonds is 6. The molecule has 142 valence electrons. The molecule has 1 fully saturated rings. The Bertz CT molecular complexity index is 731. The highest BCUT2D eigenvalue weighted by atomic mass is 19.4. The second kappa shape index (κ2) is 7.84. The predicted molar refractivity (Wildman–Crippen MR) is 84.4 cm³/mol. The van der Waals surface area contributed by atoms with E-state index in [1.165, 1.54) is 13.8 Å². The van der Waals surface area contributed by atoms with Gasteiger partial charge in [0, 0.05) is 24.6 Å². The van der Waals surface area contributed by atoms with E-state index in [-0.39, 0.29) is 29.6 Å². The topological polar surface area (TPSA) is 85.4 Å². The van der Waals surface area contributed by atoms with Crippen molar-refractivity contribution in [2.75, 3.05) is 13.2 Å². The molecule has 2 rings (SSSR count). The van der Waals surface area contributed by atoms with Crippen molar-refractivity contribution in [1.29, 1.82) is 0 Å². The molecule has 1 aliphatic heterocycles. The highest BCUT2D eigenvalue weighted by Crippen LogP contribution is 2.33. The summed E-state index contributed by atoms with van der Waals surface area (Å²) in [5.74, 6) is -2.07. The van der Waals surface area contributed by atoms with Gasteiger partial charge in [-0.2, -0.15) is 13.2 Å². The van der Waals surface area contributed by atoms with E-state index in [0.29, 0.717) is 19.4 Å². The molecule has 1 N–H and O–H groups in total. The SMILES string of the molecule is Cc1cc(C(F)(F)F)c(C(=O)OCC(=O)CC[C@H]2CCNC2=O)c(C)n1. The number of ketones is 1. The van der Waals surface area contributed by atoms with Crippen molar-refractivity contribution in [3.63, 3.8) is 0 Å². The number of hydrogen-bond acceptors (Lipinski definition) is 5. The summed E-state index contributed by atoms with van der Waals surface area (Å²) in [6, 6.07) is 0.768. The first-order valence-electron chi connectivity index (χ1n) is 8.11. The number of carbonyl (C=O) groups excluding carboxylic acids is 3. The molecule has 1 amide bonds. The van der Waals surface area contributed by atoms with Crippen molar-refractivity contribution in [3.05, 3.63) is 28.6 Å². The van der Waals surface area contributed by atoms with Crippen molar-refractivity contribution in [2.45, 2.75) is 39.3 Å². The maximum atomic E-state index is 13.2. The van der Waals surface area contributed by atoms with E-state index in [9.17, 15) is 27.6 Å². The highest BCUT2D eigenvalue weighted by molar-refractivity contribution is 5.94. The second-order valence-corrected chi connectivity index (χ2v) is 6.20. The van der Waals surface area contributed by atoms with Gasteiger partial charge in [-0.05, 0) is 32.8 Å². The smallest absolute Gasteiger partial charge is 0.417 e. The van der Waals surface area contributed by atoms with Crippen LogP contribution in [0.2, 0.25) is 0 Å². The van der Waals surface area contributed by atoms with Crippen LogP contribution >= 0.6 is 0 Å². The monoisotopic (exact) mass is 372 g/mol. The molecular weight excluding hydrogens is 353 g/mol. The fourth-order valence-corrected chi connectivity index (χ4v) is 2.86. The zero-order valence-corrected chi connectivity index (χ0v) is 14.4. The number of carbonyl (C=O) groups is 3. The molecule has 0 radical (unpaired) electrons. The van der Waals surface area contributed by atoms with Gasteiger partial charge in [-0.15, -0.1) is 0 Å². The van der Waals surface area contributed by atoms with E-state index >= 15 is 0 Å². The first kappa shape index (κ1) is 19.9. The van der Waals surface area contributed by atoms with E-state index in [2.05, 4.69) is 10.3 Å². The van der Waals surface area contributed by atoms with Gasteiger partial charge in [0.25, 0.3) is 0 Å². The maximum absolute atomic E-state index is 13.2. The third kappa shape index (κ3) is 4.80. The fourth-order valence-electron chi connectivity index (χ4n) is 2.86. The van der Waals surface area contributed by atoms with E-state index in [0.717, 1.165) is 6.07 Å². The number of esters is 1. The van der Waals surface area contributed by atoms with Crippen molar-refractivity contribution < 1.29 is 32.3 Å². The molecule has 0 saturated carbocycles. The second-order valence-electron chi connectivity index (χ2n) is 6.20. The number of halogens is 3. The molecule has 2 heterocycles. The number of alkyl halides is 3. The van der Waals surface area contributed by atoms with Gasteiger partial charge in [0.15, 0.2) is 5.78 Å². The minimum absolute atomic E-state index is 0.0165. The third-order valence-electron chi connectivity index (χ3n) is 4.14. The molecule has 0 unspecified atom stereocenters. The lowest BCUT2D eigenvalue weighted by Crippen LogP contribution is -2.22. The Morgan fingerprint density at radius 1 is 1.35 bits per heavy atom. The number of nitrogens with one attached hydrogen (secondary N) is 1. The number of amides is 1. The van der Waals surface area contributed by atoms with Crippen molar-refractivity contribution >= 4 is 17.7 Å². The summed E-state index contributed by atoms with van der Waals surface area (Å²) in [6.45, 7) is 2.59. The summed E-state index contributed by atoms with van der Waals surface area (Å²) < 4.78 is 44.2. The van der Waals surface area contributed by atoms with Crippen LogP contribution in [0.5, 0.6) is 0 Å². The standard InChI is InChI=1S/C17H19F3N2O4/c1-9-7-13(17(18,19)20)14(10(2)22-9)16(25)26-8-12(23)4-3-11-5-6-21-15(11)24/h7,11H,3-6,8H2,1-2H3,(H,21,24)/t11-/m0/s1. The lowest BCUT2D eigenvalue weighted by atomic mass is 10.0. The number of ether oxygens (including phenoxy) is 1. The number of pyridine rings is 1. The van der Waals surface area contributed by atoms with Gasteiger partial charge in [0.2, 0.25) is 5.91 Å². The molecule has 26 heavy (non-hydrogen) atoms. The van der Waals surface area contributed by atoms with Crippen LogP contribution in [0.25, 0.3) is 0 Å². The van der Waals surface area contributed by atoms with Gasteiger partial charge in [-0.1, -0.05) is 0 Å². The first-order valence-corrected chi connectivity index (χ1v) is 8.11. The summed E-state index contributed by atoms with van der Waals surface area (Å²) in [5, 5.41) is 2.65. The Morgan fingerprint density at radius 2 is 2.04 bits per heavy atom. The van der Waals surface area contributed by atoms with Crippen LogP contribution in [0.15, 0.2) is 6.07 Å². The number of Topliss-reactive ketones (excluding diaryl/α,β-unsaturated/α-hetero) is 1. The number of aryl methyl sites for hydroxylation is 2. The van der Waals surface area contributed by atoms with Gasteiger partial charge in [0.1, 0.15) is 6.61 Å². The van der Waals surface area contributed by atoms with E-state index in [1.807, 2.05) is 0 Å². The van der Waals surface area contributed by atoms with Crippen LogP contribution in [0, 0.1) is 19.8 Å². The molecule has 1 aromatic rings. The number of aromatic nitrogens is 1. The molecule has 1 saturated heterocycles. The Balaban J connectivity index is 1.99. The van der Waals surface area contributed by atoms with Gasteiger partial charge in [0.05, 0.1) is 16.8 Å². The van der Waals surface area contributed by atoms with Crippen LogP contribution in [0.3, 0.4) is 0 Å². The molecular formula is C17H19F3N2O4. The Hall–Kier alpha value is -2.45. The Labute approximate surface area is 148 Å². The predicted octanol–water partition coefficient (Wildman–Crippen LogP) is 2.36. The molecule has 0 bridgehead atoms. The van der Waals surface area contributed by atoms with E-state index in [1.54, 1.807) is 0 Å². The average molecular weight is 372 g/mol. The van der Waals surface area contributed by atoms with Crippen molar-refractivity contribution in [3.8, 4) is 0 Å². The minimum atomic E-state index is -4.74. The minimum Gasteiger partial charge on any atom is -0.454 e. The van der Waals surface area contributed by atoms with Gasteiger partial charge in [-0.3, -0.25) is 14.6 Å². The zero-order valence-electron chi connectivity index (χ0n) is 14.4. The van der Waals surface area contributed by atoms with Gasteiger partial charge < -0.3 is 10.1 Å². The van der Waals surface area contributed by atoms with Crippen LogP contribution in [-0.2, 0) is 20.5 Å². The van der Waals surface area contributed by atoms with Crippen LogP contribution < -0.4 is 5.32 Å². The summed E-state index contributed by atoms with van der Waals surface area (Å²) >= 11 is 0. The molecule has 1 aromatic heterocycles. The zero-order chi connectivity index (χ0) is 19.5. The lowest BCUT2D eigenvalue weighted by molar-refractivity contribution is -0.138. The molecule has 0 aromatic carbocycles. The highest BCUT2D eigenvalue weighted by Gasteiger charge is 2.37. The normalized spacial score (nSPS) is 17.1. The van der Waals surface area contributed by atoms with E-state index < -0.39 is 35.7 Å². The maximum Gasteiger partial charge on any atom is 0.417 e. The van der Waals surface area contributed by atoms with Crippen LogP contribution in [-0.4, -0.2) is 35.8 Å². The quantitative estimate of drug-likeness (QED) is 0.775. The molecule has 6 nitrogen and oxygen atoms in total. The summed E-state index contributed by atoms with van der Waals surface area (Å²) in [5.41, 5.74) is -1.82. The summed E-state index contributed by atoms with van der Waals surface area (Å²) in [6.07, 6.45) is -3.77. The lowest BCUT2D eigenvalue weighted by Gasteiger charge is -2.15. The largest absolute Gasteiger partial charge is 0.454 e. The molecule has 0 aliphatic carbocycles. The number of nitrogens with zero attached hydrogens (tertiary/aromatic N) is 1. The molecule has 1 atom stereocenters. The van der Waals surface area contributed by atoms with Crippen LogP contribution in [0.1, 0.15) is 46.6 Å². The Kier molecular flexibility index (Phi) is 5.99. The molecule has 1 aliphatic rings. The summed E-state index contributed by atoms with van der Waals surface area (Å²) in [4.78, 5) is 39.2.